The fourth-order valence-electron chi connectivity index (χ4n) is 8.98. The summed E-state index contributed by atoms with van der Waals surface area (Å²) in [6.07, 6.45) is 0. The summed E-state index contributed by atoms with van der Waals surface area (Å²) in [6.45, 7) is 0. The van der Waals surface area contributed by atoms with E-state index < -0.39 is 0 Å². The predicted octanol–water partition coefficient (Wildman–Crippen LogP) is 16.0. The van der Waals surface area contributed by atoms with Crippen molar-refractivity contribution in [2.45, 2.75) is 0 Å². The average Bonchev–Trinajstić information content (AvgIpc) is 3.80. The van der Waals surface area contributed by atoms with E-state index >= 15 is 0 Å². The standard InChI is InChI=1S/C52H30S2/c1-2-12-31(13-3-1)50-38-16-4-6-18-40(38)51(41-19-7-5-17-39(41)50)35-25-23-32-26-34(24-22-33(32)27-35)42-28-45-37-15-9-11-21-48(37)54-52(45)46-30-49-44(29-43(42)46)36-14-8-10-20-47(36)53-49/h1-30H. The Morgan fingerprint density at radius 3 is 1.43 bits per heavy atom. The molecule has 250 valence electrons. The molecular formula is C52H30S2. The van der Waals surface area contributed by atoms with Gasteiger partial charge in [0.15, 0.2) is 0 Å². The fourth-order valence-corrected chi connectivity index (χ4v) is 11.3. The summed E-state index contributed by atoms with van der Waals surface area (Å²) in [5, 5.41) is 15.6. The molecule has 0 amide bonds. The third-order valence-corrected chi connectivity index (χ3v) is 13.8. The van der Waals surface area contributed by atoms with Crippen molar-refractivity contribution >= 4 is 106 Å². The van der Waals surface area contributed by atoms with Crippen LogP contribution < -0.4 is 0 Å². The minimum absolute atomic E-state index is 1.24. The Morgan fingerprint density at radius 2 is 0.759 bits per heavy atom. The van der Waals surface area contributed by atoms with E-state index in [0.717, 1.165) is 0 Å². The number of benzene rings is 10. The van der Waals surface area contributed by atoms with Crippen molar-refractivity contribution in [3.8, 4) is 33.4 Å². The van der Waals surface area contributed by atoms with Crippen molar-refractivity contribution in [2.75, 3.05) is 0 Å². The zero-order chi connectivity index (χ0) is 35.3. The van der Waals surface area contributed by atoms with E-state index in [0.29, 0.717) is 0 Å². The van der Waals surface area contributed by atoms with Gasteiger partial charge in [0.2, 0.25) is 0 Å². The highest BCUT2D eigenvalue weighted by Crippen LogP contribution is 2.47. The Bertz CT molecular complexity index is 3430. The number of fused-ring (bicyclic) bond motifs is 11. The molecule has 0 radical (unpaired) electrons. The van der Waals surface area contributed by atoms with Crippen molar-refractivity contribution in [1.82, 2.24) is 0 Å². The lowest BCUT2D eigenvalue weighted by atomic mass is 9.85. The monoisotopic (exact) mass is 718 g/mol. The molecule has 10 aromatic carbocycles. The highest BCUT2D eigenvalue weighted by atomic mass is 32.1. The summed E-state index contributed by atoms with van der Waals surface area (Å²) in [5.74, 6) is 0. The van der Waals surface area contributed by atoms with Crippen LogP contribution in [0.15, 0.2) is 182 Å². The lowest BCUT2D eigenvalue weighted by Gasteiger charge is -2.18. The molecule has 0 spiro atoms. The summed E-state index contributed by atoms with van der Waals surface area (Å²) < 4.78 is 5.40. The molecule has 2 heteroatoms. The Morgan fingerprint density at radius 1 is 0.259 bits per heavy atom. The normalized spacial score (nSPS) is 12.1. The summed E-state index contributed by atoms with van der Waals surface area (Å²) in [4.78, 5) is 0. The van der Waals surface area contributed by atoms with Gasteiger partial charge < -0.3 is 0 Å². The maximum atomic E-state index is 2.46. The van der Waals surface area contributed by atoms with Crippen LogP contribution in [0.4, 0.5) is 0 Å². The molecule has 0 bridgehead atoms. The van der Waals surface area contributed by atoms with E-state index in [2.05, 4.69) is 182 Å². The van der Waals surface area contributed by atoms with Crippen LogP contribution in [0, 0.1) is 0 Å². The van der Waals surface area contributed by atoms with Crippen LogP contribution >= 0.6 is 22.7 Å². The molecule has 0 saturated carbocycles. The van der Waals surface area contributed by atoms with Crippen molar-refractivity contribution in [2.24, 2.45) is 0 Å². The highest BCUT2D eigenvalue weighted by molar-refractivity contribution is 7.27. The minimum atomic E-state index is 1.24. The molecule has 54 heavy (non-hydrogen) atoms. The van der Waals surface area contributed by atoms with E-state index in [1.165, 1.54) is 117 Å². The third kappa shape index (κ3) is 4.42. The smallest absolute Gasteiger partial charge is 0.0434 e. The minimum Gasteiger partial charge on any atom is -0.135 e. The maximum Gasteiger partial charge on any atom is 0.0434 e. The summed E-state index contributed by atoms with van der Waals surface area (Å²) in [5.41, 5.74) is 7.62. The predicted molar refractivity (Wildman–Crippen MR) is 239 cm³/mol. The molecule has 0 saturated heterocycles. The second-order valence-corrected chi connectivity index (χ2v) is 16.5. The Balaban J connectivity index is 1.08. The summed E-state index contributed by atoms with van der Waals surface area (Å²) in [7, 11) is 0. The van der Waals surface area contributed by atoms with Gasteiger partial charge in [-0.15, -0.1) is 22.7 Å². The lowest BCUT2D eigenvalue weighted by molar-refractivity contribution is 1.66. The second kappa shape index (κ2) is 11.6. The first-order chi connectivity index (χ1) is 26.8. The third-order valence-electron chi connectivity index (χ3n) is 11.4. The van der Waals surface area contributed by atoms with Crippen LogP contribution in [0.1, 0.15) is 0 Å². The quantitative estimate of drug-likeness (QED) is 0.160. The van der Waals surface area contributed by atoms with Crippen LogP contribution in [0.3, 0.4) is 0 Å². The fraction of sp³-hybridized carbons (Fsp3) is 0. The summed E-state index contributed by atoms with van der Waals surface area (Å²) >= 11 is 3.82. The Kier molecular flexibility index (Phi) is 6.48. The van der Waals surface area contributed by atoms with E-state index in [1.807, 2.05) is 22.7 Å². The van der Waals surface area contributed by atoms with E-state index in [4.69, 9.17) is 0 Å². The molecule has 0 atom stereocenters. The van der Waals surface area contributed by atoms with Crippen LogP contribution in [-0.4, -0.2) is 0 Å². The van der Waals surface area contributed by atoms with Gasteiger partial charge in [-0.3, -0.25) is 0 Å². The molecule has 2 aromatic heterocycles. The number of rotatable bonds is 3. The molecule has 12 aromatic rings. The van der Waals surface area contributed by atoms with Crippen LogP contribution in [0.25, 0.3) is 117 Å². The van der Waals surface area contributed by atoms with Crippen LogP contribution in [0.2, 0.25) is 0 Å². The first-order valence-corrected chi connectivity index (χ1v) is 20.1. The SMILES string of the molecule is c1ccc(-c2c3ccccc3c(-c3ccc4cc(-c5cc6c7ccccc7sc6c6cc7sc8ccccc8c7cc56)ccc4c3)c3ccccc23)cc1. The number of hydrogen-bond donors (Lipinski definition) is 0. The molecule has 2 heterocycles. The Labute approximate surface area is 319 Å². The van der Waals surface area contributed by atoms with Crippen LogP contribution in [-0.2, 0) is 0 Å². The lowest BCUT2D eigenvalue weighted by Crippen LogP contribution is -1.91. The van der Waals surface area contributed by atoms with E-state index in [-0.39, 0.29) is 0 Å². The number of thiophene rings is 2. The zero-order valence-corrected chi connectivity index (χ0v) is 30.8. The molecule has 0 aliphatic carbocycles. The van der Waals surface area contributed by atoms with Gasteiger partial charge in [0.05, 0.1) is 0 Å². The molecule has 0 fully saturated rings. The van der Waals surface area contributed by atoms with Gasteiger partial charge >= 0.3 is 0 Å². The summed E-state index contributed by atoms with van der Waals surface area (Å²) in [6, 6.07) is 67.9. The van der Waals surface area contributed by atoms with Crippen molar-refractivity contribution in [3.63, 3.8) is 0 Å². The zero-order valence-electron chi connectivity index (χ0n) is 29.1. The molecule has 0 nitrogen and oxygen atoms in total. The van der Waals surface area contributed by atoms with Gasteiger partial charge in [-0.05, 0) is 114 Å². The van der Waals surface area contributed by atoms with Gasteiger partial charge in [0.25, 0.3) is 0 Å². The van der Waals surface area contributed by atoms with Gasteiger partial charge in [0, 0.05) is 45.7 Å². The molecule has 0 aliphatic rings. The molecule has 12 rings (SSSR count). The van der Waals surface area contributed by atoms with Crippen LogP contribution in [0.5, 0.6) is 0 Å². The Hall–Kier alpha value is -6.32. The second-order valence-electron chi connectivity index (χ2n) is 14.4. The number of hydrogen-bond acceptors (Lipinski definition) is 2. The van der Waals surface area contributed by atoms with Gasteiger partial charge in [-0.2, -0.15) is 0 Å². The molecule has 0 aliphatic heterocycles. The molecular weight excluding hydrogens is 689 g/mol. The first kappa shape index (κ1) is 30.2. The van der Waals surface area contributed by atoms with Gasteiger partial charge in [-0.1, -0.05) is 140 Å². The van der Waals surface area contributed by atoms with Crippen molar-refractivity contribution < 1.29 is 0 Å². The highest BCUT2D eigenvalue weighted by Gasteiger charge is 2.19. The van der Waals surface area contributed by atoms with Crippen molar-refractivity contribution in [1.29, 1.82) is 0 Å². The van der Waals surface area contributed by atoms with Gasteiger partial charge in [-0.25, -0.2) is 0 Å². The average molecular weight is 719 g/mol. The molecule has 0 N–H and O–H groups in total. The van der Waals surface area contributed by atoms with Gasteiger partial charge in [0.1, 0.15) is 0 Å². The molecule has 0 unspecified atom stereocenters. The topological polar surface area (TPSA) is 0 Å². The largest absolute Gasteiger partial charge is 0.135 e. The van der Waals surface area contributed by atoms with Crippen molar-refractivity contribution in [3.05, 3.63) is 182 Å². The maximum absolute atomic E-state index is 2.46. The van der Waals surface area contributed by atoms with E-state index in [9.17, 15) is 0 Å². The van der Waals surface area contributed by atoms with E-state index in [1.54, 1.807) is 0 Å². The first-order valence-electron chi connectivity index (χ1n) is 18.5.